The maximum atomic E-state index is 13.0. The molecule has 7 heteroatoms. The largest absolute Gasteiger partial charge is 0.344 e. The lowest BCUT2D eigenvalue weighted by Gasteiger charge is -2.28. The summed E-state index contributed by atoms with van der Waals surface area (Å²) in [7, 11) is -0.958. The predicted molar refractivity (Wildman–Crippen MR) is 119 cm³/mol. The van der Waals surface area contributed by atoms with Gasteiger partial charge in [-0.15, -0.1) is 0 Å². The number of carbonyl (C=O) groups is 1. The molecule has 0 unspecified atom stereocenters. The predicted octanol–water partition coefficient (Wildman–Crippen LogP) is 3.21. The van der Waals surface area contributed by atoms with Crippen molar-refractivity contribution in [3.8, 4) is 0 Å². The van der Waals surface area contributed by atoms with Crippen molar-refractivity contribution in [1.29, 1.82) is 0 Å². The number of anilines is 1. The van der Waals surface area contributed by atoms with Crippen LogP contribution in [0.25, 0.3) is 0 Å². The minimum Gasteiger partial charge on any atom is -0.344 e. The van der Waals surface area contributed by atoms with E-state index in [0.717, 1.165) is 19.7 Å². The molecule has 0 aromatic heterocycles. The van der Waals surface area contributed by atoms with E-state index in [4.69, 9.17) is 0 Å². The first-order valence-electron chi connectivity index (χ1n) is 9.54. The molecular weight excluding hydrogens is 398 g/mol. The number of benzene rings is 3. The Hall–Kier alpha value is -3.16. The molecule has 0 aliphatic heterocycles. The van der Waals surface area contributed by atoms with E-state index in [1.54, 1.807) is 30.3 Å². The zero-order valence-electron chi connectivity index (χ0n) is 17.0. The summed E-state index contributed by atoms with van der Waals surface area (Å²) in [5, 5.41) is 3.00. The Morgan fingerprint density at radius 2 is 1.23 bits per heavy atom. The quantitative estimate of drug-likeness (QED) is 0.605. The van der Waals surface area contributed by atoms with E-state index in [1.807, 2.05) is 60.7 Å². The van der Waals surface area contributed by atoms with Crippen LogP contribution in [0.2, 0.25) is 0 Å². The molecule has 3 aromatic rings. The molecule has 0 bridgehead atoms. The van der Waals surface area contributed by atoms with Gasteiger partial charge in [0.25, 0.3) is 0 Å². The molecule has 0 atom stereocenters. The van der Waals surface area contributed by atoms with Gasteiger partial charge in [-0.2, -0.15) is 12.7 Å². The number of hydrogen-bond acceptors (Lipinski definition) is 3. The van der Waals surface area contributed by atoms with E-state index in [-0.39, 0.29) is 12.6 Å². The molecule has 0 saturated heterocycles. The van der Waals surface area contributed by atoms with E-state index in [0.29, 0.717) is 5.69 Å². The summed E-state index contributed by atoms with van der Waals surface area (Å²) in [5.74, 6) is -0.401. The van der Waals surface area contributed by atoms with Crippen LogP contribution in [-0.4, -0.2) is 39.3 Å². The third-order valence-corrected chi connectivity index (χ3v) is 6.46. The SMILES string of the molecule is CN(C)S(=O)(=O)N(CC(=O)NC(c1ccccc1)c1ccccc1)c1ccccc1. The van der Waals surface area contributed by atoms with Crippen molar-refractivity contribution in [1.82, 2.24) is 9.62 Å². The van der Waals surface area contributed by atoms with Crippen LogP contribution < -0.4 is 9.62 Å². The topological polar surface area (TPSA) is 69.7 Å². The summed E-state index contributed by atoms with van der Waals surface area (Å²) in [5.41, 5.74) is 2.26. The maximum Gasteiger partial charge on any atom is 0.304 e. The van der Waals surface area contributed by atoms with Crippen LogP contribution in [0.15, 0.2) is 91.0 Å². The lowest BCUT2D eigenvalue weighted by Crippen LogP contribution is -2.46. The van der Waals surface area contributed by atoms with Gasteiger partial charge in [0.05, 0.1) is 11.7 Å². The molecule has 156 valence electrons. The average Bonchev–Trinajstić information content (AvgIpc) is 2.77. The average molecular weight is 424 g/mol. The maximum absolute atomic E-state index is 13.0. The summed E-state index contributed by atoms with van der Waals surface area (Å²) in [4.78, 5) is 13.0. The standard InChI is InChI=1S/C23H25N3O3S/c1-25(2)30(28,29)26(21-16-10-5-11-17-21)18-22(27)24-23(19-12-6-3-7-13-19)20-14-8-4-9-15-20/h3-17,23H,18H2,1-2H3,(H,24,27). The van der Waals surface area contributed by atoms with Crippen molar-refractivity contribution < 1.29 is 13.2 Å². The fourth-order valence-corrected chi connectivity index (χ4v) is 4.15. The second kappa shape index (κ2) is 9.56. The van der Waals surface area contributed by atoms with Gasteiger partial charge in [0.2, 0.25) is 5.91 Å². The van der Waals surface area contributed by atoms with Crippen LogP contribution in [0.1, 0.15) is 17.2 Å². The van der Waals surface area contributed by atoms with Gasteiger partial charge in [-0.1, -0.05) is 78.9 Å². The fraction of sp³-hybridized carbons (Fsp3) is 0.174. The Balaban J connectivity index is 1.89. The van der Waals surface area contributed by atoms with Gasteiger partial charge >= 0.3 is 10.2 Å². The monoisotopic (exact) mass is 423 g/mol. The Kier molecular flexibility index (Phi) is 6.87. The Labute approximate surface area is 177 Å². The van der Waals surface area contributed by atoms with Gasteiger partial charge in [0.15, 0.2) is 0 Å². The first-order valence-corrected chi connectivity index (χ1v) is 10.9. The number of para-hydroxylation sites is 1. The number of hydrogen-bond donors (Lipinski definition) is 1. The Morgan fingerprint density at radius 3 is 1.67 bits per heavy atom. The Bertz CT molecular complexity index is 1020. The van der Waals surface area contributed by atoms with Crippen LogP contribution in [-0.2, 0) is 15.0 Å². The zero-order valence-corrected chi connectivity index (χ0v) is 17.8. The lowest BCUT2D eigenvalue weighted by molar-refractivity contribution is -0.120. The number of nitrogens with zero attached hydrogens (tertiary/aromatic N) is 2. The molecule has 0 saturated carbocycles. The van der Waals surface area contributed by atoms with Gasteiger partial charge < -0.3 is 5.32 Å². The molecule has 3 rings (SSSR count). The second-order valence-corrected chi connectivity index (χ2v) is 9.02. The highest BCUT2D eigenvalue weighted by molar-refractivity contribution is 7.90. The highest BCUT2D eigenvalue weighted by Crippen LogP contribution is 2.23. The zero-order chi connectivity index (χ0) is 21.6. The molecule has 6 nitrogen and oxygen atoms in total. The highest BCUT2D eigenvalue weighted by atomic mass is 32.2. The first-order chi connectivity index (χ1) is 14.4. The third-order valence-electron chi connectivity index (χ3n) is 4.64. The van der Waals surface area contributed by atoms with Crippen LogP contribution in [0.3, 0.4) is 0 Å². The molecule has 3 aromatic carbocycles. The molecule has 0 heterocycles. The van der Waals surface area contributed by atoms with E-state index >= 15 is 0 Å². The molecule has 0 aliphatic rings. The van der Waals surface area contributed by atoms with Crippen molar-refractivity contribution in [3.63, 3.8) is 0 Å². The minimum absolute atomic E-state index is 0.333. The molecule has 0 radical (unpaired) electrons. The van der Waals surface area contributed by atoms with E-state index < -0.39 is 16.1 Å². The van der Waals surface area contributed by atoms with Crippen LogP contribution in [0.5, 0.6) is 0 Å². The minimum atomic E-state index is -3.85. The number of carbonyl (C=O) groups excluding carboxylic acids is 1. The van der Waals surface area contributed by atoms with Crippen molar-refractivity contribution in [2.24, 2.45) is 0 Å². The van der Waals surface area contributed by atoms with Crippen molar-refractivity contribution in [3.05, 3.63) is 102 Å². The van der Waals surface area contributed by atoms with Crippen molar-refractivity contribution in [2.45, 2.75) is 6.04 Å². The molecule has 1 N–H and O–H groups in total. The molecule has 0 fully saturated rings. The number of amides is 1. The van der Waals surface area contributed by atoms with E-state index in [1.165, 1.54) is 14.1 Å². The highest BCUT2D eigenvalue weighted by Gasteiger charge is 2.28. The third kappa shape index (κ3) is 5.06. The summed E-state index contributed by atoms with van der Waals surface area (Å²) < 4.78 is 27.9. The molecule has 0 aliphatic carbocycles. The first kappa shape index (κ1) is 21.5. The van der Waals surface area contributed by atoms with Gasteiger partial charge in [-0.25, -0.2) is 4.31 Å². The molecular formula is C23H25N3O3S. The molecule has 0 spiro atoms. The van der Waals surface area contributed by atoms with E-state index in [9.17, 15) is 13.2 Å². The van der Waals surface area contributed by atoms with Crippen LogP contribution in [0, 0.1) is 0 Å². The summed E-state index contributed by atoms with van der Waals surface area (Å²) in [6, 6.07) is 27.4. The second-order valence-electron chi connectivity index (χ2n) is 6.95. The normalized spacial score (nSPS) is 11.5. The van der Waals surface area contributed by atoms with Gasteiger partial charge in [-0.05, 0) is 23.3 Å². The summed E-state index contributed by atoms with van der Waals surface area (Å²) in [6.07, 6.45) is 0. The Morgan fingerprint density at radius 1 is 0.800 bits per heavy atom. The lowest BCUT2D eigenvalue weighted by atomic mass is 9.99. The van der Waals surface area contributed by atoms with Gasteiger partial charge in [-0.3, -0.25) is 4.79 Å². The van der Waals surface area contributed by atoms with Crippen molar-refractivity contribution >= 4 is 21.8 Å². The fourth-order valence-electron chi connectivity index (χ4n) is 3.08. The van der Waals surface area contributed by atoms with Crippen LogP contribution in [0.4, 0.5) is 5.69 Å². The van der Waals surface area contributed by atoms with Crippen LogP contribution >= 0.6 is 0 Å². The smallest absolute Gasteiger partial charge is 0.304 e. The summed E-state index contributed by atoms with van der Waals surface area (Å²) in [6.45, 7) is -0.333. The van der Waals surface area contributed by atoms with Crippen molar-refractivity contribution in [2.75, 3.05) is 24.9 Å². The number of nitrogens with one attached hydrogen (secondary N) is 1. The van der Waals surface area contributed by atoms with E-state index in [2.05, 4.69) is 5.32 Å². The number of rotatable bonds is 8. The molecule has 30 heavy (non-hydrogen) atoms. The van der Waals surface area contributed by atoms with Gasteiger partial charge in [0.1, 0.15) is 6.54 Å². The van der Waals surface area contributed by atoms with Gasteiger partial charge in [0, 0.05) is 14.1 Å². The summed E-state index contributed by atoms with van der Waals surface area (Å²) >= 11 is 0. The molecule has 1 amide bonds.